The molecule has 0 unspecified atom stereocenters. The van der Waals surface area contributed by atoms with Crippen LogP contribution in [0.4, 0.5) is 5.69 Å². The van der Waals surface area contributed by atoms with Crippen molar-refractivity contribution in [2.75, 3.05) is 11.9 Å². The Morgan fingerprint density at radius 2 is 1.71 bits per heavy atom. The first-order chi connectivity index (χ1) is 6.83. The van der Waals surface area contributed by atoms with Gasteiger partial charge in [0.1, 0.15) is 0 Å². The van der Waals surface area contributed by atoms with E-state index >= 15 is 0 Å². The van der Waals surface area contributed by atoms with Gasteiger partial charge in [-0.05, 0) is 37.3 Å². The number of para-hydroxylation sites is 1. The van der Waals surface area contributed by atoms with Gasteiger partial charge in [-0.15, -0.1) is 0 Å². The predicted octanol–water partition coefficient (Wildman–Crippen LogP) is 4.02. The Morgan fingerprint density at radius 1 is 1.07 bits per heavy atom. The molecule has 78 valence electrons. The number of anilines is 1. The molecule has 0 atom stereocenters. The first-order valence-electron chi connectivity index (χ1n) is 5.66. The fourth-order valence-corrected chi connectivity index (χ4v) is 1.93. The minimum Gasteiger partial charge on any atom is -0.385 e. The standard InChI is InChI=1S/C13H21N/c1-4-11(5-2)12-9-7-8-10-13(12)14-6-3/h7-11,14H,4-6H2,1-3H3. The molecule has 0 bridgehead atoms. The van der Waals surface area contributed by atoms with Gasteiger partial charge in [0.2, 0.25) is 0 Å². The van der Waals surface area contributed by atoms with Crippen LogP contribution in [-0.2, 0) is 0 Å². The fourth-order valence-electron chi connectivity index (χ4n) is 1.93. The monoisotopic (exact) mass is 191 g/mol. The molecule has 1 aromatic carbocycles. The van der Waals surface area contributed by atoms with Gasteiger partial charge in [-0.1, -0.05) is 32.0 Å². The lowest BCUT2D eigenvalue weighted by Crippen LogP contribution is -2.04. The van der Waals surface area contributed by atoms with Crippen molar-refractivity contribution >= 4 is 5.69 Å². The molecule has 1 nitrogen and oxygen atoms in total. The lowest BCUT2D eigenvalue weighted by molar-refractivity contribution is 0.643. The summed E-state index contributed by atoms with van der Waals surface area (Å²) in [6.07, 6.45) is 2.44. The second-order valence-electron chi connectivity index (χ2n) is 3.63. The molecule has 14 heavy (non-hydrogen) atoms. The highest BCUT2D eigenvalue weighted by Crippen LogP contribution is 2.29. The zero-order chi connectivity index (χ0) is 10.4. The summed E-state index contributed by atoms with van der Waals surface area (Å²) in [6, 6.07) is 8.66. The summed E-state index contributed by atoms with van der Waals surface area (Å²) in [7, 11) is 0. The van der Waals surface area contributed by atoms with Crippen LogP contribution in [0.3, 0.4) is 0 Å². The van der Waals surface area contributed by atoms with Gasteiger partial charge in [0.25, 0.3) is 0 Å². The van der Waals surface area contributed by atoms with Gasteiger partial charge < -0.3 is 5.32 Å². The summed E-state index contributed by atoms with van der Waals surface area (Å²) >= 11 is 0. The van der Waals surface area contributed by atoms with Crippen LogP contribution in [0.5, 0.6) is 0 Å². The molecule has 0 aliphatic heterocycles. The van der Waals surface area contributed by atoms with Gasteiger partial charge in [0.15, 0.2) is 0 Å². The Morgan fingerprint density at radius 3 is 2.29 bits per heavy atom. The molecule has 0 fully saturated rings. The van der Waals surface area contributed by atoms with Crippen LogP contribution in [-0.4, -0.2) is 6.54 Å². The van der Waals surface area contributed by atoms with Gasteiger partial charge in [-0.3, -0.25) is 0 Å². The highest BCUT2D eigenvalue weighted by atomic mass is 14.9. The molecule has 0 saturated carbocycles. The molecule has 1 heteroatoms. The predicted molar refractivity (Wildman–Crippen MR) is 63.9 cm³/mol. The van der Waals surface area contributed by atoms with E-state index in [0.29, 0.717) is 5.92 Å². The van der Waals surface area contributed by atoms with E-state index < -0.39 is 0 Å². The van der Waals surface area contributed by atoms with Crippen molar-refractivity contribution in [3.8, 4) is 0 Å². The van der Waals surface area contributed by atoms with Gasteiger partial charge in [0.05, 0.1) is 0 Å². The Balaban J connectivity index is 2.92. The molecule has 0 radical (unpaired) electrons. The maximum atomic E-state index is 3.43. The Kier molecular flexibility index (Phi) is 4.51. The molecule has 0 aromatic heterocycles. The normalized spacial score (nSPS) is 10.6. The number of hydrogen-bond donors (Lipinski definition) is 1. The zero-order valence-electron chi connectivity index (χ0n) is 9.51. The quantitative estimate of drug-likeness (QED) is 0.741. The largest absolute Gasteiger partial charge is 0.385 e. The van der Waals surface area contributed by atoms with Gasteiger partial charge in [-0.25, -0.2) is 0 Å². The summed E-state index contributed by atoms with van der Waals surface area (Å²) in [4.78, 5) is 0. The fraction of sp³-hybridized carbons (Fsp3) is 0.538. The third kappa shape index (κ3) is 2.50. The third-order valence-electron chi connectivity index (χ3n) is 2.75. The average Bonchev–Trinajstić information content (AvgIpc) is 2.23. The molecular formula is C13H21N. The molecule has 0 heterocycles. The number of benzene rings is 1. The molecule has 0 amide bonds. The van der Waals surface area contributed by atoms with Crippen molar-refractivity contribution in [3.05, 3.63) is 29.8 Å². The highest BCUT2D eigenvalue weighted by molar-refractivity contribution is 5.52. The number of rotatable bonds is 5. The average molecular weight is 191 g/mol. The lowest BCUT2D eigenvalue weighted by Gasteiger charge is -2.17. The van der Waals surface area contributed by atoms with Crippen LogP contribution in [0.25, 0.3) is 0 Å². The smallest absolute Gasteiger partial charge is 0.0375 e. The van der Waals surface area contributed by atoms with Crippen molar-refractivity contribution in [1.82, 2.24) is 0 Å². The first-order valence-corrected chi connectivity index (χ1v) is 5.66. The van der Waals surface area contributed by atoms with E-state index in [2.05, 4.69) is 50.4 Å². The van der Waals surface area contributed by atoms with Gasteiger partial charge in [-0.2, -0.15) is 0 Å². The Hall–Kier alpha value is -0.980. The molecule has 1 N–H and O–H groups in total. The van der Waals surface area contributed by atoms with E-state index in [9.17, 15) is 0 Å². The first kappa shape index (κ1) is 11.1. The zero-order valence-corrected chi connectivity index (χ0v) is 9.51. The van der Waals surface area contributed by atoms with E-state index in [1.165, 1.54) is 24.1 Å². The van der Waals surface area contributed by atoms with Crippen molar-refractivity contribution < 1.29 is 0 Å². The molecular weight excluding hydrogens is 170 g/mol. The van der Waals surface area contributed by atoms with E-state index in [1.54, 1.807) is 0 Å². The minimum atomic E-state index is 0.699. The van der Waals surface area contributed by atoms with Crippen LogP contribution in [0.15, 0.2) is 24.3 Å². The van der Waals surface area contributed by atoms with Crippen LogP contribution in [0.2, 0.25) is 0 Å². The van der Waals surface area contributed by atoms with Gasteiger partial charge >= 0.3 is 0 Å². The highest BCUT2D eigenvalue weighted by Gasteiger charge is 2.10. The van der Waals surface area contributed by atoms with E-state index in [1.807, 2.05) is 0 Å². The van der Waals surface area contributed by atoms with Crippen molar-refractivity contribution in [2.45, 2.75) is 39.5 Å². The second-order valence-corrected chi connectivity index (χ2v) is 3.63. The van der Waals surface area contributed by atoms with E-state index in [-0.39, 0.29) is 0 Å². The molecule has 0 aliphatic rings. The Labute approximate surface area is 87.5 Å². The Bertz CT molecular complexity index is 264. The SMILES string of the molecule is CCNc1ccccc1C(CC)CC. The molecule has 1 aromatic rings. The van der Waals surface area contributed by atoms with E-state index in [4.69, 9.17) is 0 Å². The van der Waals surface area contributed by atoms with Crippen LogP contribution in [0.1, 0.15) is 45.1 Å². The number of nitrogens with one attached hydrogen (secondary N) is 1. The summed E-state index contributed by atoms with van der Waals surface area (Å²) in [5.41, 5.74) is 2.78. The lowest BCUT2D eigenvalue weighted by atomic mass is 9.92. The van der Waals surface area contributed by atoms with Crippen molar-refractivity contribution in [1.29, 1.82) is 0 Å². The van der Waals surface area contributed by atoms with Crippen LogP contribution >= 0.6 is 0 Å². The van der Waals surface area contributed by atoms with E-state index in [0.717, 1.165) is 6.54 Å². The second kappa shape index (κ2) is 5.69. The maximum absolute atomic E-state index is 3.43. The third-order valence-corrected chi connectivity index (χ3v) is 2.75. The summed E-state index contributed by atoms with van der Waals surface area (Å²) < 4.78 is 0. The van der Waals surface area contributed by atoms with Crippen molar-refractivity contribution in [2.24, 2.45) is 0 Å². The topological polar surface area (TPSA) is 12.0 Å². The summed E-state index contributed by atoms with van der Waals surface area (Å²) in [5, 5.41) is 3.43. The molecule has 0 saturated heterocycles. The number of hydrogen-bond acceptors (Lipinski definition) is 1. The van der Waals surface area contributed by atoms with Crippen molar-refractivity contribution in [3.63, 3.8) is 0 Å². The summed E-state index contributed by atoms with van der Waals surface area (Å²) in [6.45, 7) is 7.66. The maximum Gasteiger partial charge on any atom is 0.0375 e. The molecule has 0 spiro atoms. The van der Waals surface area contributed by atoms with Crippen LogP contribution < -0.4 is 5.32 Å². The van der Waals surface area contributed by atoms with Crippen LogP contribution in [0, 0.1) is 0 Å². The molecule has 0 aliphatic carbocycles. The molecule has 1 rings (SSSR count). The minimum absolute atomic E-state index is 0.699. The summed E-state index contributed by atoms with van der Waals surface area (Å²) in [5.74, 6) is 0.699. The van der Waals surface area contributed by atoms with Gasteiger partial charge in [0, 0.05) is 12.2 Å².